The Morgan fingerprint density at radius 2 is 2.41 bits per heavy atom. The molecule has 2 aliphatic heterocycles. The summed E-state index contributed by atoms with van der Waals surface area (Å²) in [7, 11) is 0. The van der Waals surface area contributed by atoms with Gasteiger partial charge in [-0.25, -0.2) is 9.78 Å². The third-order valence-corrected chi connectivity index (χ3v) is 5.76. The van der Waals surface area contributed by atoms with Gasteiger partial charge in [-0.15, -0.1) is 11.8 Å². The van der Waals surface area contributed by atoms with Crippen LogP contribution in [0.3, 0.4) is 0 Å². The molecule has 0 saturated heterocycles. The van der Waals surface area contributed by atoms with Crippen molar-refractivity contribution in [1.29, 1.82) is 0 Å². The fourth-order valence-electron chi connectivity index (χ4n) is 3.23. The number of anilines is 2. The Morgan fingerprint density at radius 3 is 3.22 bits per heavy atom. The van der Waals surface area contributed by atoms with Crippen LogP contribution >= 0.6 is 11.8 Å². The molecule has 8 heteroatoms. The van der Waals surface area contributed by atoms with Crippen molar-refractivity contribution >= 4 is 29.2 Å². The van der Waals surface area contributed by atoms with Crippen LogP contribution in [-0.2, 0) is 6.54 Å². The minimum Gasteiger partial charge on any atom is -0.490 e. The maximum absolute atomic E-state index is 12.2. The van der Waals surface area contributed by atoms with Crippen molar-refractivity contribution in [3.63, 3.8) is 0 Å². The van der Waals surface area contributed by atoms with Crippen LogP contribution in [0.5, 0.6) is 5.75 Å². The molecule has 3 N–H and O–H groups in total. The smallest absolute Gasteiger partial charge is 0.319 e. The van der Waals surface area contributed by atoms with Gasteiger partial charge >= 0.3 is 6.03 Å². The maximum Gasteiger partial charge on any atom is 0.319 e. The van der Waals surface area contributed by atoms with E-state index in [1.165, 1.54) is 0 Å². The SMILES string of the molecule is O=C(NCCC1CC=CS1)Nc1ccc2c(c1)N(Cc1c[nH]cn1)CCO2. The zero-order valence-corrected chi connectivity index (χ0v) is 15.8. The van der Waals surface area contributed by atoms with Crippen LogP contribution in [0.1, 0.15) is 18.5 Å². The molecule has 27 heavy (non-hydrogen) atoms. The highest BCUT2D eigenvalue weighted by Gasteiger charge is 2.20. The number of amides is 2. The number of hydrogen-bond acceptors (Lipinski definition) is 5. The van der Waals surface area contributed by atoms with E-state index in [1.54, 1.807) is 6.33 Å². The number of thioether (sulfide) groups is 1. The molecule has 0 aliphatic carbocycles. The van der Waals surface area contributed by atoms with Crippen molar-refractivity contribution < 1.29 is 9.53 Å². The molecular weight excluding hydrogens is 362 g/mol. The summed E-state index contributed by atoms with van der Waals surface area (Å²) in [5.74, 6) is 0.827. The number of imidazole rings is 1. The number of rotatable bonds is 6. The van der Waals surface area contributed by atoms with Gasteiger partial charge in [0.1, 0.15) is 12.4 Å². The molecule has 0 fully saturated rings. The summed E-state index contributed by atoms with van der Waals surface area (Å²) >= 11 is 1.84. The first-order chi connectivity index (χ1) is 13.3. The topological polar surface area (TPSA) is 82.3 Å². The molecule has 1 unspecified atom stereocenters. The Hall–Kier alpha value is -2.61. The Balaban J connectivity index is 1.35. The lowest BCUT2D eigenvalue weighted by atomic mass is 10.2. The zero-order valence-electron chi connectivity index (χ0n) is 15.0. The van der Waals surface area contributed by atoms with E-state index in [-0.39, 0.29) is 6.03 Å². The number of H-pyrrole nitrogens is 1. The van der Waals surface area contributed by atoms with Gasteiger partial charge in [0.05, 0.1) is 30.8 Å². The summed E-state index contributed by atoms with van der Waals surface area (Å²) < 4.78 is 5.75. The number of aromatic amines is 1. The highest BCUT2D eigenvalue weighted by Crippen LogP contribution is 2.34. The number of fused-ring (bicyclic) bond motifs is 1. The fourth-order valence-corrected chi connectivity index (χ4v) is 4.15. The van der Waals surface area contributed by atoms with Gasteiger partial charge in [0.25, 0.3) is 0 Å². The number of nitrogens with zero attached hydrogens (tertiary/aromatic N) is 2. The van der Waals surface area contributed by atoms with E-state index in [1.807, 2.05) is 36.2 Å². The lowest BCUT2D eigenvalue weighted by molar-refractivity contribution is 0.252. The first-order valence-electron chi connectivity index (χ1n) is 9.13. The lowest BCUT2D eigenvalue weighted by Gasteiger charge is -2.31. The monoisotopic (exact) mass is 385 g/mol. The van der Waals surface area contributed by atoms with E-state index in [0.717, 1.165) is 42.2 Å². The Morgan fingerprint density at radius 1 is 1.44 bits per heavy atom. The predicted octanol–water partition coefficient (Wildman–Crippen LogP) is 3.34. The van der Waals surface area contributed by atoms with Crippen molar-refractivity contribution in [2.75, 3.05) is 29.9 Å². The number of carbonyl (C=O) groups is 1. The number of aromatic nitrogens is 2. The standard InChI is InChI=1S/C19H23N5O2S/c25-19(21-6-5-16-2-1-9-27-16)23-14-3-4-18-17(10-14)24(7-8-26-18)12-15-11-20-13-22-15/h1,3-4,9-11,13,16H,2,5-8,12H2,(H,20,22)(H2,21,23,25). The molecule has 2 amide bonds. The molecule has 1 aromatic carbocycles. The van der Waals surface area contributed by atoms with E-state index >= 15 is 0 Å². The van der Waals surface area contributed by atoms with Crippen molar-refractivity contribution in [2.24, 2.45) is 0 Å². The van der Waals surface area contributed by atoms with Gasteiger partial charge in [0, 0.05) is 23.7 Å². The summed E-state index contributed by atoms with van der Waals surface area (Å²) in [6.07, 6.45) is 7.81. The third kappa shape index (κ3) is 4.57. The average molecular weight is 385 g/mol. The van der Waals surface area contributed by atoms with E-state index in [2.05, 4.69) is 37.0 Å². The molecule has 0 saturated carbocycles. The molecule has 2 aromatic rings. The Kier molecular flexibility index (Phi) is 5.53. The minimum atomic E-state index is -0.179. The quantitative estimate of drug-likeness (QED) is 0.710. The van der Waals surface area contributed by atoms with Gasteiger partial charge in [0.2, 0.25) is 0 Å². The molecule has 7 nitrogen and oxygen atoms in total. The van der Waals surface area contributed by atoms with Gasteiger partial charge < -0.3 is 25.3 Å². The number of benzene rings is 1. The largest absolute Gasteiger partial charge is 0.490 e. The molecule has 0 bridgehead atoms. The molecule has 0 radical (unpaired) electrons. The van der Waals surface area contributed by atoms with Gasteiger partial charge in [-0.1, -0.05) is 6.08 Å². The molecule has 1 atom stereocenters. The first-order valence-corrected chi connectivity index (χ1v) is 10.1. The van der Waals surface area contributed by atoms with Crippen molar-refractivity contribution in [3.8, 4) is 5.75 Å². The van der Waals surface area contributed by atoms with Gasteiger partial charge in [-0.3, -0.25) is 0 Å². The summed E-state index contributed by atoms with van der Waals surface area (Å²) in [4.78, 5) is 21.7. The predicted molar refractivity (Wildman–Crippen MR) is 108 cm³/mol. The summed E-state index contributed by atoms with van der Waals surface area (Å²) in [6, 6.07) is 5.55. The van der Waals surface area contributed by atoms with Crippen LogP contribution in [-0.4, -0.2) is 40.9 Å². The second-order valence-corrected chi connectivity index (χ2v) is 7.76. The normalized spacial score (nSPS) is 18.1. The zero-order chi connectivity index (χ0) is 18.5. The number of urea groups is 1. The Bertz CT molecular complexity index is 800. The molecular formula is C19H23N5O2S. The van der Waals surface area contributed by atoms with E-state index in [9.17, 15) is 4.79 Å². The summed E-state index contributed by atoms with van der Waals surface area (Å²) in [6.45, 7) is 2.79. The number of carbonyl (C=O) groups excluding carboxylic acids is 1. The second kappa shape index (κ2) is 8.39. The highest BCUT2D eigenvalue weighted by molar-refractivity contribution is 8.03. The molecule has 0 spiro atoms. The van der Waals surface area contributed by atoms with Crippen molar-refractivity contribution in [2.45, 2.75) is 24.6 Å². The molecule has 142 valence electrons. The van der Waals surface area contributed by atoms with Crippen LogP contribution < -0.4 is 20.3 Å². The van der Waals surface area contributed by atoms with Crippen molar-refractivity contribution in [3.05, 3.63) is 47.9 Å². The fraction of sp³-hybridized carbons (Fsp3) is 0.368. The second-order valence-electron chi connectivity index (χ2n) is 6.55. The van der Waals surface area contributed by atoms with Gasteiger partial charge in [-0.2, -0.15) is 0 Å². The van der Waals surface area contributed by atoms with Crippen LogP contribution in [0.4, 0.5) is 16.2 Å². The number of allylic oxidation sites excluding steroid dienone is 1. The average Bonchev–Trinajstić information content (AvgIpc) is 3.36. The summed E-state index contributed by atoms with van der Waals surface area (Å²) in [5, 5.41) is 8.57. The molecule has 2 aliphatic rings. The molecule has 3 heterocycles. The van der Waals surface area contributed by atoms with Crippen LogP contribution in [0.25, 0.3) is 0 Å². The Labute approximate surface area is 162 Å². The maximum atomic E-state index is 12.2. The first kappa shape index (κ1) is 17.8. The van der Waals surface area contributed by atoms with E-state index < -0.39 is 0 Å². The number of hydrogen-bond donors (Lipinski definition) is 3. The number of ether oxygens (including phenoxy) is 1. The van der Waals surface area contributed by atoms with Crippen LogP contribution in [0, 0.1) is 0 Å². The van der Waals surface area contributed by atoms with Crippen LogP contribution in [0.2, 0.25) is 0 Å². The number of nitrogens with one attached hydrogen (secondary N) is 3. The lowest BCUT2D eigenvalue weighted by Crippen LogP contribution is -2.33. The van der Waals surface area contributed by atoms with Crippen molar-refractivity contribution in [1.82, 2.24) is 15.3 Å². The van der Waals surface area contributed by atoms with E-state index in [4.69, 9.17) is 4.74 Å². The summed E-state index contributed by atoms with van der Waals surface area (Å²) in [5.41, 5.74) is 2.69. The van der Waals surface area contributed by atoms with Gasteiger partial charge in [0.15, 0.2) is 0 Å². The van der Waals surface area contributed by atoms with Gasteiger partial charge in [-0.05, 0) is 36.4 Å². The van der Waals surface area contributed by atoms with E-state index in [0.29, 0.717) is 24.9 Å². The molecule has 1 aromatic heterocycles. The van der Waals surface area contributed by atoms with Crippen LogP contribution in [0.15, 0.2) is 42.2 Å². The molecule has 4 rings (SSSR count). The third-order valence-electron chi connectivity index (χ3n) is 4.60. The highest BCUT2D eigenvalue weighted by atomic mass is 32.2. The minimum absolute atomic E-state index is 0.179.